The van der Waals surface area contributed by atoms with Crippen molar-refractivity contribution in [3.05, 3.63) is 30.3 Å². The molecule has 0 saturated carbocycles. The van der Waals surface area contributed by atoms with E-state index in [0.29, 0.717) is 13.0 Å². The van der Waals surface area contributed by atoms with Crippen LogP contribution in [0, 0.1) is 0 Å². The number of carbonyl (C=O) groups excluding carboxylic acids is 2. The SMILES string of the molecule is O=CCCN(C=O)c1ccccc1. The summed E-state index contributed by atoms with van der Waals surface area (Å²) in [5.41, 5.74) is 0.819. The van der Waals surface area contributed by atoms with Gasteiger partial charge in [-0.2, -0.15) is 0 Å². The van der Waals surface area contributed by atoms with Gasteiger partial charge in [-0.1, -0.05) is 18.2 Å². The second kappa shape index (κ2) is 5.09. The molecule has 0 aromatic heterocycles. The standard InChI is InChI=1S/C10H11NO2/c12-8-4-7-11(9-13)10-5-2-1-3-6-10/h1-3,5-6,8-9H,4,7H2. The summed E-state index contributed by atoms with van der Waals surface area (Å²) in [6.07, 6.45) is 1.91. The van der Waals surface area contributed by atoms with Crippen LogP contribution in [0.1, 0.15) is 6.42 Å². The van der Waals surface area contributed by atoms with Crippen molar-refractivity contribution in [2.75, 3.05) is 11.4 Å². The number of anilines is 1. The number of hydrogen-bond acceptors (Lipinski definition) is 2. The maximum Gasteiger partial charge on any atom is 0.214 e. The molecule has 0 saturated heterocycles. The Balaban J connectivity index is 2.66. The highest BCUT2D eigenvalue weighted by Crippen LogP contribution is 2.10. The summed E-state index contributed by atoms with van der Waals surface area (Å²) in [4.78, 5) is 22.2. The molecule has 0 unspecified atom stereocenters. The Morgan fingerprint density at radius 1 is 1.15 bits per heavy atom. The van der Waals surface area contributed by atoms with E-state index in [1.807, 2.05) is 30.3 Å². The van der Waals surface area contributed by atoms with Crippen molar-refractivity contribution in [3.8, 4) is 0 Å². The predicted molar refractivity (Wildman–Crippen MR) is 50.5 cm³/mol. The van der Waals surface area contributed by atoms with Gasteiger partial charge in [-0.05, 0) is 12.1 Å². The van der Waals surface area contributed by atoms with Crippen LogP contribution in [0.2, 0.25) is 0 Å². The van der Waals surface area contributed by atoms with Gasteiger partial charge in [0, 0.05) is 18.7 Å². The quantitative estimate of drug-likeness (QED) is 0.634. The van der Waals surface area contributed by atoms with Gasteiger partial charge in [0.25, 0.3) is 0 Å². The van der Waals surface area contributed by atoms with Gasteiger partial charge in [-0.15, -0.1) is 0 Å². The number of para-hydroxylation sites is 1. The fourth-order valence-corrected chi connectivity index (χ4v) is 1.05. The van der Waals surface area contributed by atoms with Gasteiger partial charge in [0.15, 0.2) is 0 Å². The zero-order chi connectivity index (χ0) is 9.52. The molecule has 0 spiro atoms. The lowest BCUT2D eigenvalue weighted by Crippen LogP contribution is -2.22. The number of amides is 1. The number of hydrogen-bond donors (Lipinski definition) is 0. The molecule has 0 atom stereocenters. The second-order valence-corrected chi connectivity index (χ2v) is 2.59. The van der Waals surface area contributed by atoms with Gasteiger partial charge >= 0.3 is 0 Å². The normalized spacial score (nSPS) is 9.23. The van der Waals surface area contributed by atoms with Crippen molar-refractivity contribution in [2.24, 2.45) is 0 Å². The molecule has 1 aromatic carbocycles. The van der Waals surface area contributed by atoms with E-state index in [1.54, 1.807) is 0 Å². The van der Waals surface area contributed by atoms with Crippen molar-refractivity contribution in [3.63, 3.8) is 0 Å². The minimum atomic E-state index is 0.369. The van der Waals surface area contributed by atoms with E-state index in [4.69, 9.17) is 0 Å². The molecule has 13 heavy (non-hydrogen) atoms. The molecule has 0 fully saturated rings. The lowest BCUT2D eigenvalue weighted by atomic mass is 10.3. The highest BCUT2D eigenvalue weighted by atomic mass is 16.1. The number of carbonyl (C=O) groups is 2. The average Bonchev–Trinajstić information content (AvgIpc) is 2.21. The summed E-state index contributed by atoms with van der Waals surface area (Å²) in [5, 5.41) is 0. The first kappa shape index (κ1) is 9.45. The molecular weight excluding hydrogens is 166 g/mol. The van der Waals surface area contributed by atoms with Gasteiger partial charge in [-0.3, -0.25) is 4.79 Å². The molecule has 0 aliphatic rings. The molecule has 0 radical (unpaired) electrons. The minimum Gasteiger partial charge on any atom is -0.315 e. The van der Waals surface area contributed by atoms with Crippen molar-refractivity contribution in [2.45, 2.75) is 6.42 Å². The molecule has 0 N–H and O–H groups in total. The summed E-state index contributed by atoms with van der Waals surface area (Å²) >= 11 is 0. The molecule has 3 nitrogen and oxygen atoms in total. The first-order chi connectivity index (χ1) is 6.38. The van der Waals surface area contributed by atoms with E-state index in [9.17, 15) is 9.59 Å². The van der Waals surface area contributed by atoms with Crippen molar-refractivity contribution >= 4 is 18.4 Å². The lowest BCUT2D eigenvalue weighted by molar-refractivity contribution is -0.108. The van der Waals surface area contributed by atoms with E-state index in [1.165, 1.54) is 4.90 Å². The van der Waals surface area contributed by atoms with Crippen LogP contribution in [0.4, 0.5) is 5.69 Å². The Bertz CT molecular complexity index is 272. The van der Waals surface area contributed by atoms with Crippen LogP contribution in [0.3, 0.4) is 0 Å². The maximum atomic E-state index is 10.6. The van der Waals surface area contributed by atoms with Gasteiger partial charge in [0.1, 0.15) is 6.29 Å². The first-order valence-electron chi connectivity index (χ1n) is 4.09. The minimum absolute atomic E-state index is 0.369. The number of nitrogens with zero attached hydrogens (tertiary/aromatic N) is 1. The highest BCUT2D eigenvalue weighted by molar-refractivity contribution is 5.75. The topological polar surface area (TPSA) is 37.4 Å². The third-order valence-corrected chi connectivity index (χ3v) is 1.70. The zero-order valence-corrected chi connectivity index (χ0v) is 7.22. The van der Waals surface area contributed by atoms with Crippen LogP contribution >= 0.6 is 0 Å². The van der Waals surface area contributed by atoms with Crippen LogP contribution < -0.4 is 4.90 Å². The van der Waals surface area contributed by atoms with E-state index in [0.717, 1.165) is 18.4 Å². The summed E-state index contributed by atoms with van der Waals surface area (Å²) < 4.78 is 0. The molecule has 0 bridgehead atoms. The number of rotatable bonds is 5. The molecule has 1 rings (SSSR count). The van der Waals surface area contributed by atoms with Crippen molar-refractivity contribution < 1.29 is 9.59 Å². The van der Waals surface area contributed by atoms with E-state index in [-0.39, 0.29) is 0 Å². The number of aldehydes is 1. The lowest BCUT2D eigenvalue weighted by Gasteiger charge is -2.15. The van der Waals surface area contributed by atoms with Crippen LogP contribution in [0.25, 0.3) is 0 Å². The fraction of sp³-hybridized carbons (Fsp3) is 0.200. The van der Waals surface area contributed by atoms with Crippen LogP contribution in [0.5, 0.6) is 0 Å². The maximum absolute atomic E-state index is 10.6. The van der Waals surface area contributed by atoms with Gasteiger partial charge in [0.2, 0.25) is 6.41 Å². The summed E-state index contributed by atoms with van der Waals surface area (Å²) in [6, 6.07) is 9.25. The van der Waals surface area contributed by atoms with E-state index in [2.05, 4.69) is 0 Å². The number of benzene rings is 1. The van der Waals surface area contributed by atoms with Crippen LogP contribution in [-0.4, -0.2) is 19.2 Å². The highest BCUT2D eigenvalue weighted by Gasteiger charge is 2.02. The van der Waals surface area contributed by atoms with E-state index >= 15 is 0 Å². The second-order valence-electron chi connectivity index (χ2n) is 2.59. The Kier molecular flexibility index (Phi) is 3.70. The monoisotopic (exact) mass is 177 g/mol. The van der Waals surface area contributed by atoms with Gasteiger partial charge < -0.3 is 9.69 Å². The van der Waals surface area contributed by atoms with Crippen molar-refractivity contribution in [1.29, 1.82) is 0 Å². The summed E-state index contributed by atoms with van der Waals surface area (Å²) in [6.45, 7) is 0.441. The van der Waals surface area contributed by atoms with Crippen LogP contribution in [0.15, 0.2) is 30.3 Å². The fourth-order valence-electron chi connectivity index (χ4n) is 1.05. The average molecular weight is 177 g/mol. The van der Waals surface area contributed by atoms with E-state index < -0.39 is 0 Å². The van der Waals surface area contributed by atoms with Crippen LogP contribution in [-0.2, 0) is 9.59 Å². The zero-order valence-electron chi connectivity index (χ0n) is 7.22. The molecule has 68 valence electrons. The Hall–Kier alpha value is -1.64. The smallest absolute Gasteiger partial charge is 0.214 e. The molecule has 0 heterocycles. The Labute approximate surface area is 77.0 Å². The predicted octanol–water partition coefficient (Wildman–Crippen LogP) is 1.24. The first-order valence-corrected chi connectivity index (χ1v) is 4.09. The summed E-state index contributed by atoms with van der Waals surface area (Å²) in [5.74, 6) is 0. The van der Waals surface area contributed by atoms with Crippen molar-refractivity contribution in [1.82, 2.24) is 0 Å². The molecule has 0 aliphatic carbocycles. The molecule has 1 amide bonds. The Morgan fingerprint density at radius 3 is 2.38 bits per heavy atom. The largest absolute Gasteiger partial charge is 0.315 e. The van der Waals surface area contributed by atoms with Gasteiger partial charge in [-0.25, -0.2) is 0 Å². The molecule has 1 aromatic rings. The molecular formula is C10H11NO2. The molecule has 0 aliphatic heterocycles. The Morgan fingerprint density at radius 2 is 1.85 bits per heavy atom. The van der Waals surface area contributed by atoms with Gasteiger partial charge in [0.05, 0.1) is 0 Å². The molecule has 3 heteroatoms. The summed E-state index contributed by atoms with van der Waals surface area (Å²) in [7, 11) is 0. The third-order valence-electron chi connectivity index (χ3n) is 1.70. The third kappa shape index (κ3) is 2.71.